The van der Waals surface area contributed by atoms with Gasteiger partial charge in [-0.1, -0.05) is 92.6 Å². The summed E-state index contributed by atoms with van der Waals surface area (Å²) in [5, 5.41) is 8.18. The smallest absolute Gasteiger partial charge is 0.313 e. The molecule has 0 saturated carbocycles. The minimum absolute atomic E-state index is 0.000441. The van der Waals surface area contributed by atoms with Gasteiger partial charge in [0.15, 0.2) is 30.9 Å². The van der Waals surface area contributed by atoms with Crippen molar-refractivity contribution in [1.29, 1.82) is 0 Å². The molecule has 3 heterocycles. The number of esters is 4. The summed E-state index contributed by atoms with van der Waals surface area (Å²) in [4.78, 5) is 58.7. The Balaban J connectivity index is 0.000000623. The summed E-state index contributed by atoms with van der Waals surface area (Å²) < 4.78 is 52.9. The van der Waals surface area contributed by atoms with E-state index in [-0.39, 0.29) is 31.0 Å². The van der Waals surface area contributed by atoms with Crippen LogP contribution >= 0.6 is 0 Å². The third-order valence-electron chi connectivity index (χ3n) is 12.0. The van der Waals surface area contributed by atoms with Gasteiger partial charge in [-0.2, -0.15) is 0 Å². The summed E-state index contributed by atoms with van der Waals surface area (Å²) in [6, 6.07) is 10.6. The number of carboxylic acid groups (broad SMARTS) is 1. The Kier molecular flexibility index (Phi) is 22.3. The number of carbonyl (C=O) groups is 5. The van der Waals surface area contributed by atoms with E-state index in [1.165, 1.54) is 32.8 Å². The Morgan fingerprint density at radius 2 is 1.08 bits per heavy atom. The van der Waals surface area contributed by atoms with E-state index in [1.54, 1.807) is 27.7 Å². The van der Waals surface area contributed by atoms with E-state index < -0.39 is 96.5 Å². The van der Waals surface area contributed by atoms with Crippen LogP contribution in [0.15, 0.2) is 30.3 Å². The maximum Gasteiger partial charge on any atom is 0.313 e. The van der Waals surface area contributed by atoms with Gasteiger partial charge in [-0.3, -0.25) is 24.0 Å². The van der Waals surface area contributed by atoms with Crippen LogP contribution < -0.4 is 0 Å². The molecule has 1 N–H and O–H groups in total. The summed E-state index contributed by atoms with van der Waals surface area (Å²) in [7, 11) is 0. The standard InChI is InChI=1S/C31H50O13.C10H14.C5H10O2/c1-11-31(9,10)30(35)44-29-26(41-21(8)34)18(5)23(14-38-29)43-28-25(40-20(7)33)17(4)22(13-37-28)42-27-24(39-19(6)32)16(3)15(2)12-36-27;1-3-9(2)10-7-5-4-6-8-10;1-3-4(2)5(6)7/h15-18,22-29H,11-14H2,1-10H3;4-9H,3H2,1-2H3;4H,3H2,1-2H3,(H,6,7). The second kappa shape index (κ2) is 25.5. The third-order valence-corrected chi connectivity index (χ3v) is 12.0. The minimum Gasteiger partial charge on any atom is -0.481 e. The third kappa shape index (κ3) is 16.5. The van der Waals surface area contributed by atoms with Crippen molar-refractivity contribution in [2.75, 3.05) is 19.8 Å². The monoisotopic (exact) mass is 867 g/mol. The summed E-state index contributed by atoms with van der Waals surface area (Å²) >= 11 is 0. The lowest BCUT2D eigenvalue weighted by molar-refractivity contribution is -0.333. The normalized spacial score (nSPS) is 31.0. The number of carbonyl (C=O) groups excluding carboxylic acids is 4. The number of rotatable bonds is 14. The van der Waals surface area contributed by atoms with Crippen LogP contribution in [0, 0.1) is 35.0 Å². The molecule has 0 amide bonds. The number of carboxylic acids is 1. The van der Waals surface area contributed by atoms with Gasteiger partial charge in [0.25, 0.3) is 0 Å². The summed E-state index contributed by atoms with van der Waals surface area (Å²) in [6.07, 6.45) is -4.15. The topological polar surface area (TPSA) is 189 Å². The predicted octanol–water partition coefficient (Wildman–Crippen LogP) is 7.46. The largest absolute Gasteiger partial charge is 0.481 e. The first-order valence-electron chi connectivity index (χ1n) is 21.7. The predicted molar refractivity (Wildman–Crippen MR) is 225 cm³/mol. The van der Waals surface area contributed by atoms with Crippen LogP contribution in [0.25, 0.3) is 0 Å². The SMILES string of the molecule is CCC(C)(C)C(=O)OC1OCC(OC2OCC(OC3OCC(C)C(C)C3OC(C)=O)C(C)C2OC(C)=O)C(C)C1OC(C)=O.CCC(C)C(=O)O.CCC(C)c1ccccc1. The van der Waals surface area contributed by atoms with E-state index in [2.05, 4.69) is 44.2 Å². The molecule has 1 aromatic carbocycles. The van der Waals surface area contributed by atoms with E-state index in [0.29, 0.717) is 18.9 Å². The van der Waals surface area contributed by atoms with Crippen LogP contribution in [0.3, 0.4) is 0 Å². The van der Waals surface area contributed by atoms with Gasteiger partial charge < -0.3 is 47.7 Å². The molecule has 15 nitrogen and oxygen atoms in total. The lowest BCUT2D eigenvalue weighted by Crippen LogP contribution is -2.58. The first kappa shape index (κ1) is 53.5. The molecule has 0 aliphatic carbocycles. The average Bonchev–Trinajstić information content (AvgIpc) is 3.21. The molecule has 0 spiro atoms. The molecule has 3 aliphatic heterocycles. The highest BCUT2D eigenvalue weighted by atomic mass is 16.8. The zero-order valence-electron chi connectivity index (χ0n) is 38.9. The fourth-order valence-electron chi connectivity index (χ4n) is 6.53. The minimum atomic E-state index is -1.12. The highest BCUT2D eigenvalue weighted by molar-refractivity contribution is 5.76. The molecule has 15 heteroatoms. The van der Waals surface area contributed by atoms with Crippen LogP contribution in [0.5, 0.6) is 0 Å². The van der Waals surface area contributed by atoms with Crippen LogP contribution in [0.4, 0.5) is 0 Å². The fraction of sp³-hybridized carbons (Fsp3) is 0.761. The number of aliphatic carboxylic acids is 1. The number of benzene rings is 1. The van der Waals surface area contributed by atoms with Gasteiger partial charge >= 0.3 is 29.8 Å². The number of hydrogen-bond donors (Lipinski definition) is 1. The highest BCUT2D eigenvalue weighted by Crippen LogP contribution is 2.36. The molecule has 348 valence electrons. The number of ether oxygens (including phenoxy) is 9. The summed E-state index contributed by atoms with van der Waals surface area (Å²) in [5.41, 5.74) is 0.699. The van der Waals surface area contributed by atoms with Crippen LogP contribution in [0.1, 0.15) is 128 Å². The summed E-state index contributed by atoms with van der Waals surface area (Å²) in [6.45, 7) is 25.5. The van der Waals surface area contributed by atoms with Gasteiger partial charge in [-0.05, 0) is 50.5 Å². The van der Waals surface area contributed by atoms with Gasteiger partial charge in [0.1, 0.15) is 0 Å². The van der Waals surface area contributed by atoms with E-state index >= 15 is 0 Å². The van der Waals surface area contributed by atoms with Crippen LogP contribution in [-0.2, 0) is 66.6 Å². The van der Waals surface area contributed by atoms with Gasteiger partial charge in [0, 0.05) is 38.5 Å². The van der Waals surface area contributed by atoms with Crippen molar-refractivity contribution >= 4 is 29.8 Å². The molecule has 3 fully saturated rings. The first-order chi connectivity index (χ1) is 28.6. The van der Waals surface area contributed by atoms with Crippen molar-refractivity contribution in [1.82, 2.24) is 0 Å². The molecular weight excluding hydrogens is 792 g/mol. The second-order valence-corrected chi connectivity index (χ2v) is 17.2. The average molecular weight is 867 g/mol. The zero-order valence-corrected chi connectivity index (χ0v) is 38.9. The molecule has 0 radical (unpaired) electrons. The Labute approximate surface area is 363 Å². The van der Waals surface area contributed by atoms with Crippen LogP contribution in [0.2, 0.25) is 0 Å². The summed E-state index contributed by atoms with van der Waals surface area (Å²) in [5.74, 6) is -2.94. The molecule has 61 heavy (non-hydrogen) atoms. The van der Waals surface area contributed by atoms with Crippen molar-refractivity contribution in [2.45, 2.75) is 172 Å². The van der Waals surface area contributed by atoms with Crippen molar-refractivity contribution in [3.05, 3.63) is 35.9 Å². The Hall–Kier alpha value is -3.63. The van der Waals surface area contributed by atoms with Crippen molar-refractivity contribution in [2.24, 2.45) is 35.0 Å². The molecule has 4 rings (SSSR count). The van der Waals surface area contributed by atoms with Gasteiger partial charge in [0.05, 0.1) is 43.4 Å². The molecule has 14 atom stereocenters. The number of hydrogen-bond acceptors (Lipinski definition) is 14. The Morgan fingerprint density at radius 3 is 1.48 bits per heavy atom. The van der Waals surface area contributed by atoms with Gasteiger partial charge in [-0.25, -0.2) is 0 Å². The maximum atomic E-state index is 12.8. The van der Waals surface area contributed by atoms with E-state index in [0.717, 1.165) is 6.42 Å². The molecular formula is C46H74O15. The maximum absolute atomic E-state index is 12.8. The highest BCUT2D eigenvalue weighted by Gasteiger charge is 2.50. The van der Waals surface area contributed by atoms with E-state index in [1.807, 2.05) is 34.6 Å². The van der Waals surface area contributed by atoms with Crippen LogP contribution in [-0.4, -0.2) is 104 Å². The van der Waals surface area contributed by atoms with Gasteiger partial charge in [-0.15, -0.1) is 0 Å². The molecule has 3 saturated heterocycles. The van der Waals surface area contributed by atoms with Gasteiger partial charge in [0.2, 0.25) is 6.29 Å². The molecule has 0 aromatic heterocycles. The lowest BCUT2D eigenvalue weighted by atomic mass is 9.88. The van der Waals surface area contributed by atoms with E-state index in [4.69, 9.17) is 47.7 Å². The fourth-order valence-corrected chi connectivity index (χ4v) is 6.53. The first-order valence-corrected chi connectivity index (χ1v) is 21.7. The molecule has 14 unspecified atom stereocenters. The molecule has 1 aromatic rings. The second-order valence-electron chi connectivity index (χ2n) is 17.2. The quantitative estimate of drug-likeness (QED) is 0.143. The van der Waals surface area contributed by atoms with Crippen molar-refractivity contribution < 1.29 is 71.7 Å². The van der Waals surface area contributed by atoms with Crippen molar-refractivity contribution in [3.63, 3.8) is 0 Å². The van der Waals surface area contributed by atoms with Crippen molar-refractivity contribution in [3.8, 4) is 0 Å². The molecule has 3 aliphatic rings. The molecule has 0 bridgehead atoms. The lowest BCUT2D eigenvalue weighted by Gasteiger charge is -2.46. The Morgan fingerprint density at radius 1 is 0.656 bits per heavy atom. The zero-order chi connectivity index (χ0) is 46.2. The van der Waals surface area contributed by atoms with E-state index in [9.17, 15) is 24.0 Å². The Bertz CT molecular complexity index is 1520.